The number of rotatable bonds is 26. The molecule has 1 amide bonds. The van der Waals surface area contributed by atoms with Crippen LogP contribution in [0.2, 0.25) is 0 Å². The number of amides is 1. The van der Waals surface area contributed by atoms with E-state index in [1.54, 1.807) is 0 Å². The number of nitrogens with one attached hydrogen (secondary N) is 1. The molecule has 222 valence electrons. The van der Waals surface area contributed by atoms with Crippen molar-refractivity contribution in [3.05, 3.63) is 0 Å². The molecule has 0 aliphatic carbocycles. The van der Waals surface area contributed by atoms with Gasteiger partial charge in [-0.05, 0) is 26.2 Å². The number of hydrogen-bond donors (Lipinski definition) is 1. The first-order valence-corrected chi connectivity index (χ1v) is 16.2. The second-order valence-corrected chi connectivity index (χ2v) is 11.4. The van der Waals surface area contributed by atoms with E-state index < -0.39 is 12.1 Å². The molecule has 0 aromatic carbocycles. The first kappa shape index (κ1) is 36.4. The van der Waals surface area contributed by atoms with Gasteiger partial charge in [0.1, 0.15) is 12.7 Å². The summed E-state index contributed by atoms with van der Waals surface area (Å²) < 4.78 is 11.1. The van der Waals surface area contributed by atoms with Crippen molar-refractivity contribution >= 4 is 35.4 Å². The minimum absolute atomic E-state index is 0.0746. The van der Waals surface area contributed by atoms with Gasteiger partial charge < -0.3 is 14.8 Å². The van der Waals surface area contributed by atoms with Crippen LogP contribution in [0.5, 0.6) is 0 Å². The molecule has 0 rings (SSSR count). The van der Waals surface area contributed by atoms with E-state index in [1.807, 2.05) is 0 Å². The fourth-order valence-electron chi connectivity index (χ4n) is 4.17. The summed E-state index contributed by atoms with van der Waals surface area (Å²) in [6, 6.07) is -0.532. The predicted molar refractivity (Wildman–Crippen MR) is 156 cm³/mol. The highest BCUT2D eigenvalue weighted by Crippen LogP contribution is 2.16. The number of ether oxygens (including phenoxy) is 2. The highest BCUT2D eigenvalue weighted by Gasteiger charge is 2.20. The standard InChI is InChI=1S/C30H55NO6S/c1-5-7-9-11-12-13-14-16-17-19-27(37-29(34)20-18-15-10-8-6-2)23-30(35)36-21-22-38-24-28(25(3)32)31-26(4)33/h27-28H,5-24H2,1-4H3,(H,31,33)/t27-,28+/m1/s1. The summed E-state index contributed by atoms with van der Waals surface area (Å²) in [6.45, 7) is 7.43. The van der Waals surface area contributed by atoms with Gasteiger partial charge in [0.15, 0.2) is 5.78 Å². The van der Waals surface area contributed by atoms with Crippen LogP contribution in [0.25, 0.3) is 0 Å². The summed E-state index contributed by atoms with van der Waals surface area (Å²) in [5.74, 6) is 0.0207. The molecule has 8 heteroatoms. The molecule has 0 bridgehead atoms. The lowest BCUT2D eigenvalue weighted by Gasteiger charge is -2.18. The van der Waals surface area contributed by atoms with Gasteiger partial charge in [-0.25, -0.2) is 0 Å². The Bertz CT molecular complexity index is 642. The van der Waals surface area contributed by atoms with Crippen LogP contribution in [-0.2, 0) is 28.7 Å². The van der Waals surface area contributed by atoms with Crippen molar-refractivity contribution in [2.24, 2.45) is 0 Å². The number of ketones is 1. The fraction of sp³-hybridized carbons (Fsp3) is 0.867. The number of Topliss-reactive ketones (excluding diaryl/α,β-unsaturated/α-hetero) is 1. The van der Waals surface area contributed by atoms with Crippen molar-refractivity contribution in [2.75, 3.05) is 18.1 Å². The SMILES string of the molecule is CCCCCCCCCCC[C@H](CC(=O)OCCSC[C@H](NC(C)=O)C(C)=O)OC(=O)CCCCCCC. The van der Waals surface area contributed by atoms with Crippen molar-refractivity contribution in [1.29, 1.82) is 0 Å². The molecule has 0 aromatic rings. The minimum Gasteiger partial charge on any atom is -0.465 e. The molecule has 0 spiro atoms. The topological polar surface area (TPSA) is 98.8 Å². The lowest BCUT2D eigenvalue weighted by atomic mass is 10.0. The van der Waals surface area contributed by atoms with E-state index in [2.05, 4.69) is 19.2 Å². The second-order valence-electron chi connectivity index (χ2n) is 10.3. The van der Waals surface area contributed by atoms with Crippen LogP contribution in [0.3, 0.4) is 0 Å². The zero-order valence-corrected chi connectivity index (χ0v) is 25.5. The van der Waals surface area contributed by atoms with Crippen molar-refractivity contribution in [3.63, 3.8) is 0 Å². The Morgan fingerprint density at radius 2 is 1.29 bits per heavy atom. The van der Waals surface area contributed by atoms with E-state index in [1.165, 1.54) is 83.4 Å². The molecule has 0 unspecified atom stereocenters. The molecule has 0 aliphatic heterocycles. The van der Waals surface area contributed by atoms with E-state index >= 15 is 0 Å². The average Bonchev–Trinajstić information content (AvgIpc) is 2.86. The van der Waals surface area contributed by atoms with Gasteiger partial charge in [0.2, 0.25) is 5.91 Å². The first-order valence-electron chi connectivity index (χ1n) is 15.0. The van der Waals surface area contributed by atoms with E-state index in [4.69, 9.17) is 9.47 Å². The number of thioether (sulfide) groups is 1. The van der Waals surface area contributed by atoms with Gasteiger partial charge in [-0.15, -0.1) is 0 Å². The van der Waals surface area contributed by atoms with E-state index in [0.29, 0.717) is 24.3 Å². The van der Waals surface area contributed by atoms with Gasteiger partial charge in [0, 0.05) is 24.9 Å². The van der Waals surface area contributed by atoms with Crippen LogP contribution < -0.4 is 5.32 Å². The van der Waals surface area contributed by atoms with Crippen LogP contribution in [-0.4, -0.2) is 53.9 Å². The van der Waals surface area contributed by atoms with Crippen LogP contribution in [0.4, 0.5) is 0 Å². The minimum atomic E-state index is -0.532. The van der Waals surface area contributed by atoms with E-state index in [9.17, 15) is 19.2 Å². The van der Waals surface area contributed by atoms with Crippen LogP contribution >= 0.6 is 11.8 Å². The summed E-state index contributed by atoms with van der Waals surface area (Å²) in [5, 5.41) is 2.63. The Labute approximate surface area is 236 Å². The molecule has 0 saturated carbocycles. The van der Waals surface area contributed by atoms with Gasteiger partial charge in [0.25, 0.3) is 0 Å². The molecule has 1 N–H and O–H groups in total. The van der Waals surface area contributed by atoms with Gasteiger partial charge in [-0.2, -0.15) is 11.8 Å². The fourth-order valence-corrected chi connectivity index (χ4v) is 5.09. The molecular formula is C30H55NO6S. The maximum absolute atomic E-state index is 12.4. The normalized spacial score (nSPS) is 12.5. The monoisotopic (exact) mass is 557 g/mol. The predicted octanol–water partition coefficient (Wildman–Crippen LogP) is 6.94. The summed E-state index contributed by atoms with van der Waals surface area (Å²) in [7, 11) is 0. The zero-order valence-electron chi connectivity index (χ0n) is 24.7. The summed E-state index contributed by atoms with van der Waals surface area (Å²) in [6.07, 6.45) is 16.9. The van der Waals surface area contributed by atoms with Gasteiger partial charge in [0.05, 0.1) is 12.5 Å². The Hall–Kier alpha value is -1.57. The third kappa shape index (κ3) is 23.5. The second kappa shape index (κ2) is 25.7. The zero-order chi connectivity index (χ0) is 28.4. The Balaban J connectivity index is 4.41. The highest BCUT2D eigenvalue weighted by molar-refractivity contribution is 7.99. The quantitative estimate of drug-likeness (QED) is 0.0908. The van der Waals surface area contributed by atoms with E-state index in [-0.39, 0.29) is 36.7 Å². The maximum Gasteiger partial charge on any atom is 0.309 e. The lowest BCUT2D eigenvalue weighted by Crippen LogP contribution is -2.40. The Kier molecular flexibility index (Phi) is 24.6. The molecule has 0 aliphatic rings. The number of carbonyl (C=O) groups excluding carboxylic acids is 4. The first-order chi connectivity index (χ1) is 18.3. The summed E-state index contributed by atoms with van der Waals surface area (Å²) in [5.41, 5.74) is 0. The number of unbranched alkanes of at least 4 members (excludes halogenated alkanes) is 12. The number of hydrogen-bond acceptors (Lipinski definition) is 7. The molecule has 38 heavy (non-hydrogen) atoms. The van der Waals surface area contributed by atoms with Crippen molar-refractivity contribution in [1.82, 2.24) is 5.32 Å². The molecule has 0 saturated heterocycles. The third-order valence-electron chi connectivity index (χ3n) is 6.45. The molecule has 0 radical (unpaired) electrons. The number of carbonyl (C=O) groups is 4. The number of esters is 2. The highest BCUT2D eigenvalue weighted by atomic mass is 32.2. The average molecular weight is 558 g/mol. The van der Waals surface area contributed by atoms with Crippen LogP contribution in [0.15, 0.2) is 0 Å². The van der Waals surface area contributed by atoms with Crippen LogP contribution in [0.1, 0.15) is 137 Å². The summed E-state index contributed by atoms with van der Waals surface area (Å²) >= 11 is 1.45. The maximum atomic E-state index is 12.4. The van der Waals surface area contributed by atoms with Crippen molar-refractivity contribution in [2.45, 2.75) is 149 Å². The molecule has 0 aromatic heterocycles. The molecular weight excluding hydrogens is 502 g/mol. The Morgan fingerprint density at radius 1 is 0.737 bits per heavy atom. The van der Waals surface area contributed by atoms with Crippen molar-refractivity contribution in [3.8, 4) is 0 Å². The third-order valence-corrected chi connectivity index (χ3v) is 7.47. The van der Waals surface area contributed by atoms with Gasteiger partial charge in [-0.3, -0.25) is 19.2 Å². The molecule has 7 nitrogen and oxygen atoms in total. The molecule has 2 atom stereocenters. The van der Waals surface area contributed by atoms with E-state index in [0.717, 1.165) is 32.1 Å². The lowest BCUT2D eigenvalue weighted by molar-refractivity contribution is -0.155. The largest absolute Gasteiger partial charge is 0.465 e. The van der Waals surface area contributed by atoms with Crippen molar-refractivity contribution < 1.29 is 28.7 Å². The smallest absolute Gasteiger partial charge is 0.309 e. The summed E-state index contributed by atoms with van der Waals surface area (Å²) in [4.78, 5) is 47.7. The Morgan fingerprint density at radius 3 is 1.84 bits per heavy atom. The van der Waals surface area contributed by atoms with Gasteiger partial charge >= 0.3 is 11.9 Å². The van der Waals surface area contributed by atoms with Crippen LogP contribution in [0, 0.1) is 0 Å². The molecule has 0 heterocycles. The van der Waals surface area contributed by atoms with Gasteiger partial charge in [-0.1, -0.05) is 90.9 Å². The molecule has 0 fully saturated rings.